The summed E-state index contributed by atoms with van der Waals surface area (Å²) < 4.78 is 12.2. The fourth-order valence-electron chi connectivity index (χ4n) is 5.55. The number of amides is 1. The zero-order valence-corrected chi connectivity index (χ0v) is 23.3. The molecule has 0 saturated heterocycles. The number of nitrogens with zero attached hydrogens (tertiary/aromatic N) is 4. The molecule has 10 heteroatoms. The molecule has 2 aliphatic rings. The Labute approximate surface area is 244 Å². The summed E-state index contributed by atoms with van der Waals surface area (Å²) in [6, 6.07) is 23.9. The molecule has 0 radical (unpaired) electrons. The number of ether oxygens (including phenoxy) is 2. The van der Waals surface area contributed by atoms with E-state index in [1.54, 1.807) is 30.3 Å². The van der Waals surface area contributed by atoms with Gasteiger partial charge < -0.3 is 25.0 Å². The molecule has 2 atom stereocenters. The van der Waals surface area contributed by atoms with Gasteiger partial charge in [0.2, 0.25) is 5.90 Å². The van der Waals surface area contributed by atoms with Gasteiger partial charge in [0.25, 0.3) is 5.91 Å². The van der Waals surface area contributed by atoms with Gasteiger partial charge in [-0.3, -0.25) is 4.79 Å². The van der Waals surface area contributed by atoms with E-state index in [-0.39, 0.29) is 31.1 Å². The molecule has 0 bridgehead atoms. The molecular formula is C32H35N5O5. The summed E-state index contributed by atoms with van der Waals surface area (Å²) in [6.45, 7) is 0.443. The summed E-state index contributed by atoms with van der Waals surface area (Å²) in [5.74, 6) is 0.652. The van der Waals surface area contributed by atoms with Crippen LogP contribution in [0.15, 0.2) is 89.0 Å². The first-order chi connectivity index (χ1) is 20.5. The van der Waals surface area contributed by atoms with Gasteiger partial charge in [0.15, 0.2) is 11.6 Å². The Hall–Kier alpha value is -4.37. The third-order valence-corrected chi connectivity index (χ3v) is 7.75. The zero-order valence-electron chi connectivity index (χ0n) is 23.3. The molecule has 3 aromatic rings. The van der Waals surface area contributed by atoms with Crippen LogP contribution >= 0.6 is 0 Å². The van der Waals surface area contributed by atoms with Crippen LogP contribution in [0.2, 0.25) is 0 Å². The summed E-state index contributed by atoms with van der Waals surface area (Å²) in [4.78, 5) is 22.5. The van der Waals surface area contributed by atoms with E-state index in [9.17, 15) is 15.4 Å². The summed E-state index contributed by atoms with van der Waals surface area (Å²) in [7, 11) is 0. The van der Waals surface area contributed by atoms with Crippen LogP contribution in [0.4, 0.5) is 5.69 Å². The third kappa shape index (κ3) is 6.57. The molecule has 5 rings (SSSR count). The zero-order chi connectivity index (χ0) is 29.4. The number of nitrogens with one attached hydrogen (secondary N) is 1. The highest BCUT2D eigenvalue weighted by molar-refractivity contribution is 6.01. The van der Waals surface area contributed by atoms with Crippen LogP contribution in [-0.4, -0.2) is 52.9 Å². The van der Waals surface area contributed by atoms with Crippen LogP contribution in [0.1, 0.15) is 54.9 Å². The van der Waals surface area contributed by atoms with Crippen molar-refractivity contribution in [1.29, 1.82) is 0 Å². The molecule has 0 aromatic heterocycles. The van der Waals surface area contributed by atoms with Crippen molar-refractivity contribution in [2.24, 2.45) is 10.1 Å². The van der Waals surface area contributed by atoms with E-state index in [0.717, 1.165) is 5.56 Å². The van der Waals surface area contributed by atoms with Gasteiger partial charge in [-0.1, -0.05) is 59.7 Å². The Balaban J connectivity index is 1.58. The van der Waals surface area contributed by atoms with E-state index in [1.807, 2.05) is 48.5 Å². The standard InChI is InChI=1S/C32H35N5O5/c33-37-36-28-10-5-4-9-27(28)29-32(21-22-7-2-1-3-8-22,31(40)34-24-13-15-25(39)16-14-24)35-30(42-29)23-11-17-26(18-12-23)41-20-6-19-38/h1-5,7-12,17-18,24-25,29,38-39H,6,13-16,19-21H2,(H,34,40)/t24?,25?,29-,32-/m1/s1. The number of rotatable bonds is 11. The van der Waals surface area contributed by atoms with Crippen molar-refractivity contribution in [3.8, 4) is 5.75 Å². The van der Waals surface area contributed by atoms with Gasteiger partial charge in [0.05, 0.1) is 12.7 Å². The van der Waals surface area contributed by atoms with Crippen molar-refractivity contribution in [2.75, 3.05) is 13.2 Å². The number of aliphatic hydroxyl groups is 2. The molecule has 0 spiro atoms. The Morgan fingerprint density at radius 1 is 1.05 bits per heavy atom. The quantitative estimate of drug-likeness (QED) is 0.124. The highest BCUT2D eigenvalue weighted by atomic mass is 16.5. The molecule has 1 amide bonds. The van der Waals surface area contributed by atoms with Crippen molar-refractivity contribution < 1.29 is 24.5 Å². The van der Waals surface area contributed by atoms with Crippen molar-refractivity contribution in [3.05, 3.63) is 106 Å². The Kier molecular flexibility index (Phi) is 9.38. The molecule has 10 nitrogen and oxygen atoms in total. The van der Waals surface area contributed by atoms with Gasteiger partial charge in [0.1, 0.15) is 5.75 Å². The second kappa shape index (κ2) is 13.5. The largest absolute Gasteiger partial charge is 0.494 e. The number of carbonyl (C=O) groups is 1. The van der Waals surface area contributed by atoms with Gasteiger partial charge in [-0.25, -0.2) is 4.99 Å². The average Bonchev–Trinajstić information content (AvgIpc) is 3.40. The predicted octanol–water partition coefficient (Wildman–Crippen LogP) is 5.31. The van der Waals surface area contributed by atoms with Crippen LogP contribution < -0.4 is 10.1 Å². The second-order valence-corrected chi connectivity index (χ2v) is 10.7. The van der Waals surface area contributed by atoms with E-state index in [1.165, 1.54) is 0 Å². The van der Waals surface area contributed by atoms with Crippen molar-refractivity contribution in [2.45, 2.75) is 62.3 Å². The minimum absolute atomic E-state index is 0.0500. The third-order valence-electron chi connectivity index (χ3n) is 7.75. The maximum Gasteiger partial charge on any atom is 0.252 e. The van der Waals surface area contributed by atoms with Crippen molar-refractivity contribution >= 4 is 17.5 Å². The van der Waals surface area contributed by atoms with Crippen LogP contribution in [0.5, 0.6) is 5.75 Å². The number of benzene rings is 3. The lowest BCUT2D eigenvalue weighted by Crippen LogP contribution is -2.53. The van der Waals surface area contributed by atoms with Crippen molar-refractivity contribution in [1.82, 2.24) is 5.32 Å². The molecule has 0 unspecified atom stereocenters. The fraction of sp³-hybridized carbons (Fsp3) is 0.375. The van der Waals surface area contributed by atoms with E-state index in [2.05, 4.69) is 15.3 Å². The Bertz CT molecular complexity index is 1430. The highest BCUT2D eigenvalue weighted by Crippen LogP contribution is 2.45. The smallest absolute Gasteiger partial charge is 0.252 e. The van der Waals surface area contributed by atoms with Crippen LogP contribution in [0, 0.1) is 0 Å². The Morgan fingerprint density at radius 3 is 2.48 bits per heavy atom. The highest BCUT2D eigenvalue weighted by Gasteiger charge is 2.54. The SMILES string of the molecule is [N-]=[N+]=Nc1ccccc1[C@H]1OC(c2ccc(OCCCO)cc2)=N[C@@]1(Cc1ccccc1)C(=O)NC1CCC(O)CC1. The van der Waals surface area contributed by atoms with E-state index in [0.29, 0.717) is 67.2 Å². The lowest BCUT2D eigenvalue weighted by Gasteiger charge is -2.34. The number of hydrogen-bond acceptors (Lipinski definition) is 7. The second-order valence-electron chi connectivity index (χ2n) is 10.7. The van der Waals surface area contributed by atoms with Crippen LogP contribution in [-0.2, 0) is 16.0 Å². The molecule has 1 aliphatic carbocycles. The number of aliphatic imine (C=N–C) groups is 1. The van der Waals surface area contributed by atoms with Gasteiger partial charge in [-0.2, -0.15) is 0 Å². The molecule has 3 aromatic carbocycles. The van der Waals surface area contributed by atoms with Gasteiger partial charge in [-0.15, -0.1) is 0 Å². The summed E-state index contributed by atoms with van der Waals surface area (Å²) >= 11 is 0. The summed E-state index contributed by atoms with van der Waals surface area (Å²) in [6.07, 6.45) is 2.12. The minimum atomic E-state index is -1.41. The van der Waals surface area contributed by atoms with E-state index < -0.39 is 11.6 Å². The molecule has 1 aliphatic heterocycles. The monoisotopic (exact) mass is 569 g/mol. The number of aliphatic hydroxyl groups excluding tert-OH is 2. The van der Waals surface area contributed by atoms with Gasteiger partial charge in [0, 0.05) is 47.2 Å². The molecule has 1 saturated carbocycles. The maximum atomic E-state index is 14.4. The van der Waals surface area contributed by atoms with E-state index in [4.69, 9.17) is 19.6 Å². The average molecular weight is 570 g/mol. The molecule has 42 heavy (non-hydrogen) atoms. The number of carbonyl (C=O) groups excluding carboxylic acids is 1. The van der Waals surface area contributed by atoms with Crippen LogP contribution in [0.25, 0.3) is 10.4 Å². The number of hydrogen-bond donors (Lipinski definition) is 3. The van der Waals surface area contributed by atoms with E-state index >= 15 is 0 Å². The molecule has 1 fully saturated rings. The topological polar surface area (TPSA) is 149 Å². The van der Waals surface area contributed by atoms with Gasteiger partial charge >= 0.3 is 0 Å². The predicted molar refractivity (Wildman–Crippen MR) is 159 cm³/mol. The Morgan fingerprint density at radius 2 is 1.76 bits per heavy atom. The molecule has 3 N–H and O–H groups in total. The first-order valence-corrected chi connectivity index (χ1v) is 14.3. The first-order valence-electron chi connectivity index (χ1n) is 14.3. The maximum absolute atomic E-state index is 14.4. The van der Waals surface area contributed by atoms with Gasteiger partial charge in [-0.05, 0) is 61.0 Å². The van der Waals surface area contributed by atoms with Crippen molar-refractivity contribution in [3.63, 3.8) is 0 Å². The van der Waals surface area contributed by atoms with Crippen LogP contribution in [0.3, 0.4) is 0 Å². The number of azide groups is 1. The molecule has 1 heterocycles. The normalized spacial score (nSPS) is 23.3. The fourth-order valence-corrected chi connectivity index (χ4v) is 5.55. The molecule has 218 valence electrons. The minimum Gasteiger partial charge on any atom is -0.494 e. The first kappa shape index (κ1) is 29.1. The lowest BCUT2D eigenvalue weighted by atomic mass is 9.81. The lowest BCUT2D eigenvalue weighted by molar-refractivity contribution is -0.130. The molecular weight excluding hydrogens is 534 g/mol. The summed E-state index contributed by atoms with van der Waals surface area (Å²) in [5.41, 5.74) is 10.4. The summed E-state index contributed by atoms with van der Waals surface area (Å²) in [5, 5.41) is 26.2.